The van der Waals surface area contributed by atoms with Crippen molar-refractivity contribution in [1.82, 2.24) is 9.55 Å². The number of methoxy groups -OCH3 is 1. The molecule has 1 aliphatic heterocycles. The fraction of sp³-hybridized carbons (Fsp3) is 0.176. The van der Waals surface area contributed by atoms with Gasteiger partial charge in [0.05, 0.1) is 18.1 Å². The number of hydrogen-bond donors (Lipinski definition) is 2. The molecule has 0 amide bonds. The predicted molar refractivity (Wildman–Crippen MR) is 92.7 cm³/mol. The van der Waals surface area contributed by atoms with Crippen LogP contribution in [0.25, 0.3) is 11.0 Å². The summed E-state index contributed by atoms with van der Waals surface area (Å²) in [5.41, 5.74) is 8.24. The van der Waals surface area contributed by atoms with Crippen LogP contribution in [0.5, 0.6) is 11.5 Å². The summed E-state index contributed by atoms with van der Waals surface area (Å²) in [6.07, 6.45) is -0.520. The van der Waals surface area contributed by atoms with Gasteiger partial charge in [-0.25, -0.2) is 9.98 Å². The van der Waals surface area contributed by atoms with Crippen LogP contribution in [0.1, 0.15) is 11.7 Å². The van der Waals surface area contributed by atoms with Gasteiger partial charge >= 0.3 is 6.61 Å². The van der Waals surface area contributed by atoms with E-state index in [4.69, 9.17) is 10.5 Å². The van der Waals surface area contributed by atoms with E-state index in [1.54, 1.807) is 12.1 Å². The molecule has 1 aliphatic rings. The Morgan fingerprint density at radius 3 is 2.77 bits per heavy atom. The van der Waals surface area contributed by atoms with E-state index >= 15 is 0 Å². The highest BCUT2D eigenvalue weighted by molar-refractivity contribution is 5.94. The lowest BCUT2D eigenvalue weighted by molar-refractivity contribution is -0.0512. The van der Waals surface area contributed by atoms with Crippen molar-refractivity contribution in [3.63, 3.8) is 0 Å². The lowest BCUT2D eigenvalue weighted by atomic mass is 10.1. The number of nitrogens with one attached hydrogen (secondary N) is 1. The number of anilines is 1. The quantitative estimate of drug-likeness (QED) is 0.748. The summed E-state index contributed by atoms with van der Waals surface area (Å²) in [4.78, 5) is 8.96. The number of hydrogen-bond acceptors (Lipinski definition) is 6. The molecule has 26 heavy (non-hydrogen) atoms. The first kappa shape index (κ1) is 16.1. The molecule has 0 radical (unpaired) electrons. The van der Waals surface area contributed by atoms with Crippen molar-refractivity contribution < 1.29 is 18.3 Å². The monoisotopic (exact) mass is 359 g/mol. The Morgan fingerprint density at radius 1 is 1.19 bits per heavy atom. The van der Waals surface area contributed by atoms with Crippen LogP contribution < -0.4 is 20.5 Å². The second kappa shape index (κ2) is 6.17. The van der Waals surface area contributed by atoms with Crippen molar-refractivity contribution in [3.8, 4) is 11.5 Å². The highest BCUT2D eigenvalue weighted by Crippen LogP contribution is 2.36. The van der Waals surface area contributed by atoms with Crippen LogP contribution in [0, 0.1) is 0 Å². The molecule has 7 nitrogen and oxygen atoms in total. The number of ether oxygens (including phenoxy) is 2. The average molecular weight is 359 g/mol. The first-order valence-corrected chi connectivity index (χ1v) is 7.77. The molecule has 1 unspecified atom stereocenters. The van der Waals surface area contributed by atoms with E-state index in [2.05, 4.69) is 20.0 Å². The van der Waals surface area contributed by atoms with Crippen LogP contribution in [0.2, 0.25) is 0 Å². The van der Waals surface area contributed by atoms with Gasteiger partial charge in [0.2, 0.25) is 5.95 Å². The molecule has 0 spiro atoms. The number of halogens is 2. The number of nitrogens with zero attached hydrogens (tertiary/aromatic N) is 3. The third-order valence-electron chi connectivity index (χ3n) is 4.04. The predicted octanol–water partition coefficient (Wildman–Crippen LogP) is 2.93. The number of aliphatic imine (C=N–C) groups is 1. The smallest absolute Gasteiger partial charge is 0.387 e. The number of fused-ring (bicyclic) bond motifs is 3. The SMILES string of the molecule is COc1cc(C2N=C(N)Nc3nc4ccccc4n32)ccc1OC(F)F. The summed E-state index contributed by atoms with van der Waals surface area (Å²) in [6, 6.07) is 12.3. The summed E-state index contributed by atoms with van der Waals surface area (Å²) >= 11 is 0. The van der Waals surface area contributed by atoms with Gasteiger partial charge in [-0.15, -0.1) is 0 Å². The number of para-hydroxylation sites is 2. The highest BCUT2D eigenvalue weighted by Gasteiger charge is 2.26. The van der Waals surface area contributed by atoms with Crippen molar-refractivity contribution in [1.29, 1.82) is 0 Å². The Hall–Kier alpha value is -3.36. The third kappa shape index (κ3) is 2.67. The van der Waals surface area contributed by atoms with Gasteiger partial charge < -0.3 is 15.2 Å². The first-order valence-electron chi connectivity index (χ1n) is 7.77. The molecule has 0 saturated carbocycles. The number of aromatic nitrogens is 2. The minimum atomic E-state index is -2.94. The number of benzene rings is 2. The van der Waals surface area contributed by atoms with E-state index < -0.39 is 12.8 Å². The van der Waals surface area contributed by atoms with Crippen LogP contribution in [-0.2, 0) is 0 Å². The summed E-state index contributed by atoms with van der Waals surface area (Å²) in [5, 5.41) is 2.94. The van der Waals surface area contributed by atoms with Crippen molar-refractivity contribution in [2.75, 3.05) is 12.4 Å². The lowest BCUT2D eigenvalue weighted by Gasteiger charge is -2.24. The normalized spacial score (nSPS) is 16.2. The van der Waals surface area contributed by atoms with E-state index in [1.165, 1.54) is 13.2 Å². The molecule has 2 aromatic carbocycles. The number of imidazole rings is 1. The highest BCUT2D eigenvalue weighted by atomic mass is 19.3. The molecule has 2 heterocycles. The zero-order chi connectivity index (χ0) is 18.3. The Kier molecular flexibility index (Phi) is 3.83. The maximum Gasteiger partial charge on any atom is 0.387 e. The standard InChI is InChI=1S/C17H15F2N5O2/c1-25-13-8-9(6-7-12(13)26-15(18)19)14-22-16(20)23-17-21-10-4-2-3-5-11(10)24(14)17/h2-8,14-15H,1H3,(H3,20,21,22,23). The molecule has 0 bridgehead atoms. The molecule has 4 rings (SSSR count). The van der Waals surface area contributed by atoms with Gasteiger partial charge in [-0.3, -0.25) is 9.88 Å². The zero-order valence-corrected chi connectivity index (χ0v) is 13.7. The van der Waals surface area contributed by atoms with Gasteiger partial charge in [0.25, 0.3) is 0 Å². The maximum absolute atomic E-state index is 12.5. The van der Waals surface area contributed by atoms with E-state index in [0.29, 0.717) is 11.5 Å². The molecule has 1 aromatic heterocycles. The van der Waals surface area contributed by atoms with E-state index in [1.807, 2.05) is 28.8 Å². The van der Waals surface area contributed by atoms with E-state index in [9.17, 15) is 8.78 Å². The molecular weight excluding hydrogens is 344 g/mol. The van der Waals surface area contributed by atoms with Crippen LogP contribution in [0.4, 0.5) is 14.7 Å². The van der Waals surface area contributed by atoms with Gasteiger partial charge in [0.1, 0.15) is 0 Å². The second-order valence-electron chi connectivity index (χ2n) is 5.60. The number of rotatable bonds is 4. The van der Waals surface area contributed by atoms with Gasteiger partial charge in [-0.1, -0.05) is 18.2 Å². The minimum Gasteiger partial charge on any atom is -0.493 e. The molecule has 0 fully saturated rings. The summed E-state index contributed by atoms with van der Waals surface area (Å²) in [6.45, 7) is -2.94. The second-order valence-corrected chi connectivity index (χ2v) is 5.60. The molecular formula is C17H15F2N5O2. The van der Waals surface area contributed by atoms with Gasteiger partial charge in [0, 0.05) is 5.56 Å². The van der Waals surface area contributed by atoms with Crippen molar-refractivity contribution >= 4 is 22.9 Å². The fourth-order valence-corrected chi connectivity index (χ4v) is 2.98. The maximum atomic E-state index is 12.5. The Balaban J connectivity index is 1.84. The van der Waals surface area contributed by atoms with Crippen LogP contribution in [-0.4, -0.2) is 29.2 Å². The van der Waals surface area contributed by atoms with E-state index in [-0.39, 0.29) is 17.5 Å². The Morgan fingerprint density at radius 2 is 2.00 bits per heavy atom. The number of guanidine groups is 1. The number of nitrogens with two attached hydrogens (primary N) is 1. The zero-order valence-electron chi connectivity index (χ0n) is 13.7. The number of alkyl halides is 2. The van der Waals surface area contributed by atoms with Crippen LogP contribution >= 0.6 is 0 Å². The Bertz CT molecular complexity index is 1000. The van der Waals surface area contributed by atoms with Crippen molar-refractivity contribution in [2.24, 2.45) is 10.7 Å². The molecule has 3 N–H and O–H groups in total. The van der Waals surface area contributed by atoms with E-state index in [0.717, 1.165) is 11.0 Å². The molecule has 0 saturated heterocycles. The molecule has 0 aliphatic carbocycles. The first-order chi connectivity index (χ1) is 12.6. The van der Waals surface area contributed by atoms with Gasteiger partial charge in [-0.2, -0.15) is 8.78 Å². The van der Waals surface area contributed by atoms with Crippen molar-refractivity contribution in [3.05, 3.63) is 48.0 Å². The molecule has 134 valence electrons. The van der Waals surface area contributed by atoms with Gasteiger partial charge in [-0.05, 0) is 24.3 Å². The molecule has 3 aromatic rings. The Labute approximate surface area is 147 Å². The average Bonchev–Trinajstić information content (AvgIpc) is 2.99. The molecule has 1 atom stereocenters. The van der Waals surface area contributed by atoms with Gasteiger partial charge in [0.15, 0.2) is 23.6 Å². The van der Waals surface area contributed by atoms with Crippen LogP contribution in [0.3, 0.4) is 0 Å². The van der Waals surface area contributed by atoms with Crippen LogP contribution in [0.15, 0.2) is 47.5 Å². The third-order valence-corrected chi connectivity index (χ3v) is 4.04. The van der Waals surface area contributed by atoms with Crippen molar-refractivity contribution in [2.45, 2.75) is 12.8 Å². The summed E-state index contributed by atoms with van der Waals surface area (Å²) < 4.78 is 36.6. The minimum absolute atomic E-state index is 0.0483. The summed E-state index contributed by atoms with van der Waals surface area (Å²) in [5.74, 6) is 0.897. The summed E-state index contributed by atoms with van der Waals surface area (Å²) in [7, 11) is 1.38. The lowest BCUT2D eigenvalue weighted by Crippen LogP contribution is -2.31. The topological polar surface area (TPSA) is 86.7 Å². The largest absolute Gasteiger partial charge is 0.493 e. The molecule has 9 heteroatoms. The fourth-order valence-electron chi connectivity index (χ4n) is 2.98.